The Bertz CT molecular complexity index is 1200. The second-order valence-corrected chi connectivity index (χ2v) is 7.52. The van der Waals surface area contributed by atoms with E-state index in [1.54, 1.807) is 12.1 Å². The summed E-state index contributed by atoms with van der Waals surface area (Å²) >= 11 is 0. The van der Waals surface area contributed by atoms with Crippen LogP contribution in [0.5, 0.6) is 0 Å². The molecule has 2 N–H and O–H groups in total. The minimum absolute atomic E-state index is 0.0385. The number of para-hydroxylation sites is 1. The molecule has 0 spiro atoms. The molecule has 30 heavy (non-hydrogen) atoms. The summed E-state index contributed by atoms with van der Waals surface area (Å²) in [6, 6.07) is 13.0. The first-order valence-corrected chi connectivity index (χ1v) is 9.96. The van der Waals surface area contributed by atoms with E-state index in [-0.39, 0.29) is 22.1 Å². The van der Waals surface area contributed by atoms with E-state index in [4.69, 9.17) is 0 Å². The van der Waals surface area contributed by atoms with Crippen molar-refractivity contribution in [2.45, 2.75) is 4.90 Å². The number of nitrogens with zero attached hydrogens (tertiary/aromatic N) is 3. The van der Waals surface area contributed by atoms with Crippen molar-refractivity contribution in [3.05, 3.63) is 88.7 Å². The van der Waals surface area contributed by atoms with Crippen LogP contribution in [0.15, 0.2) is 78.0 Å². The zero-order valence-corrected chi connectivity index (χ0v) is 16.1. The van der Waals surface area contributed by atoms with Crippen molar-refractivity contribution in [1.82, 2.24) is 9.97 Å². The summed E-state index contributed by atoms with van der Waals surface area (Å²) in [4.78, 5) is 30.1. The van der Waals surface area contributed by atoms with E-state index >= 15 is 0 Å². The number of hydrogen-bond acceptors (Lipinski definition) is 7. The van der Waals surface area contributed by atoms with Crippen LogP contribution in [0.1, 0.15) is 5.56 Å². The Labute approximate surface area is 171 Å². The molecule has 0 bridgehead atoms. The van der Waals surface area contributed by atoms with Gasteiger partial charge in [0.25, 0.3) is 15.7 Å². The summed E-state index contributed by atoms with van der Waals surface area (Å²) in [5.41, 5.74) is 0.515. The van der Waals surface area contributed by atoms with Crippen LogP contribution >= 0.6 is 0 Å². The quantitative estimate of drug-likeness (QED) is 0.336. The third-order valence-corrected chi connectivity index (χ3v) is 5.12. The van der Waals surface area contributed by atoms with E-state index in [0.717, 1.165) is 6.08 Å². The molecule has 1 aromatic heterocycles. The van der Waals surface area contributed by atoms with Crippen molar-refractivity contribution < 1.29 is 18.1 Å². The molecule has 0 radical (unpaired) electrons. The molecule has 11 heteroatoms. The summed E-state index contributed by atoms with van der Waals surface area (Å²) in [7, 11) is -3.88. The fourth-order valence-electron chi connectivity index (χ4n) is 2.39. The molecule has 0 unspecified atom stereocenters. The van der Waals surface area contributed by atoms with Crippen LogP contribution in [0.25, 0.3) is 6.08 Å². The predicted molar refractivity (Wildman–Crippen MR) is 110 cm³/mol. The van der Waals surface area contributed by atoms with Crippen molar-refractivity contribution in [3.8, 4) is 0 Å². The van der Waals surface area contributed by atoms with Gasteiger partial charge in [0, 0.05) is 30.2 Å². The number of rotatable bonds is 7. The number of sulfonamides is 1. The first kappa shape index (κ1) is 20.6. The standard InChI is InChI=1S/C19H15N5O5S/c25-18(11-6-14-4-1-2-5-17(14)24(26)27)22-15-7-9-16(10-8-15)30(28,29)23-19-20-12-3-13-21-19/h1-13H,(H,22,25)(H,20,21,23)/b11-6+. The molecule has 0 saturated carbocycles. The lowest BCUT2D eigenvalue weighted by atomic mass is 10.1. The molecule has 2 aromatic carbocycles. The van der Waals surface area contributed by atoms with Crippen LogP contribution in [0, 0.1) is 10.1 Å². The Morgan fingerprint density at radius 3 is 2.33 bits per heavy atom. The molecule has 0 aliphatic heterocycles. The molecule has 152 valence electrons. The fourth-order valence-corrected chi connectivity index (χ4v) is 3.35. The molecular formula is C19H15N5O5S. The van der Waals surface area contributed by atoms with Crippen LogP contribution in [0.2, 0.25) is 0 Å². The minimum atomic E-state index is -3.88. The summed E-state index contributed by atoms with van der Waals surface area (Å²) < 4.78 is 26.9. The molecule has 1 amide bonds. The van der Waals surface area contributed by atoms with E-state index < -0.39 is 20.9 Å². The fraction of sp³-hybridized carbons (Fsp3) is 0. The smallest absolute Gasteiger partial charge is 0.276 e. The number of amides is 1. The summed E-state index contributed by atoms with van der Waals surface area (Å²) in [6.07, 6.45) is 5.29. The lowest BCUT2D eigenvalue weighted by molar-refractivity contribution is -0.385. The van der Waals surface area contributed by atoms with Gasteiger partial charge in [-0.25, -0.2) is 23.1 Å². The molecule has 10 nitrogen and oxygen atoms in total. The molecule has 0 fully saturated rings. The SMILES string of the molecule is O=C(/C=C/c1ccccc1[N+](=O)[O-])Nc1ccc(S(=O)(=O)Nc2ncccn2)cc1. The van der Waals surface area contributed by atoms with Crippen LogP contribution in [-0.2, 0) is 14.8 Å². The monoisotopic (exact) mass is 425 g/mol. The van der Waals surface area contributed by atoms with E-state index in [1.165, 1.54) is 60.9 Å². The number of nitrogens with one attached hydrogen (secondary N) is 2. The largest absolute Gasteiger partial charge is 0.323 e. The van der Waals surface area contributed by atoms with Gasteiger partial charge in [-0.3, -0.25) is 14.9 Å². The van der Waals surface area contributed by atoms with Crippen LogP contribution < -0.4 is 10.0 Å². The lowest BCUT2D eigenvalue weighted by Gasteiger charge is -2.07. The number of benzene rings is 2. The van der Waals surface area contributed by atoms with Crippen molar-refractivity contribution >= 4 is 39.3 Å². The van der Waals surface area contributed by atoms with Gasteiger partial charge in [0.15, 0.2) is 0 Å². The van der Waals surface area contributed by atoms with Gasteiger partial charge >= 0.3 is 0 Å². The Morgan fingerprint density at radius 2 is 1.67 bits per heavy atom. The predicted octanol–water partition coefficient (Wildman–Crippen LogP) is 2.84. The number of aromatic nitrogens is 2. The van der Waals surface area contributed by atoms with Crippen LogP contribution in [0.4, 0.5) is 17.3 Å². The van der Waals surface area contributed by atoms with Gasteiger partial charge in [-0.05, 0) is 42.5 Å². The molecule has 0 aliphatic rings. The first-order valence-electron chi connectivity index (χ1n) is 8.47. The topological polar surface area (TPSA) is 144 Å². The number of nitro groups is 1. The van der Waals surface area contributed by atoms with Gasteiger partial charge in [0.2, 0.25) is 11.9 Å². The van der Waals surface area contributed by atoms with Crippen molar-refractivity contribution in [3.63, 3.8) is 0 Å². The lowest BCUT2D eigenvalue weighted by Crippen LogP contribution is -2.15. The normalized spacial score (nSPS) is 11.2. The maximum Gasteiger partial charge on any atom is 0.276 e. The van der Waals surface area contributed by atoms with Gasteiger partial charge in [-0.1, -0.05) is 12.1 Å². The Kier molecular flexibility index (Phi) is 6.13. The second kappa shape index (κ2) is 8.92. The maximum atomic E-state index is 12.3. The Balaban J connectivity index is 1.67. The van der Waals surface area contributed by atoms with Crippen molar-refractivity contribution in [2.24, 2.45) is 0 Å². The van der Waals surface area contributed by atoms with Crippen LogP contribution in [-0.4, -0.2) is 29.2 Å². The van der Waals surface area contributed by atoms with Crippen LogP contribution in [0.3, 0.4) is 0 Å². The van der Waals surface area contributed by atoms with E-state index in [1.807, 2.05) is 0 Å². The number of nitro benzene ring substituents is 1. The highest BCUT2D eigenvalue weighted by molar-refractivity contribution is 7.92. The number of hydrogen-bond donors (Lipinski definition) is 2. The maximum absolute atomic E-state index is 12.3. The third kappa shape index (κ3) is 5.23. The Hall–Kier alpha value is -4.12. The van der Waals surface area contributed by atoms with E-state index in [9.17, 15) is 23.3 Å². The molecule has 0 saturated heterocycles. The highest BCUT2D eigenvalue weighted by Gasteiger charge is 2.15. The third-order valence-electron chi connectivity index (χ3n) is 3.77. The van der Waals surface area contributed by atoms with Gasteiger partial charge in [-0.15, -0.1) is 0 Å². The zero-order chi connectivity index (χ0) is 21.6. The highest BCUT2D eigenvalue weighted by Crippen LogP contribution is 2.19. The van der Waals surface area contributed by atoms with Gasteiger partial charge in [-0.2, -0.15) is 0 Å². The molecule has 0 aliphatic carbocycles. The van der Waals surface area contributed by atoms with E-state index in [0.29, 0.717) is 5.69 Å². The summed E-state index contributed by atoms with van der Waals surface area (Å²) in [6.45, 7) is 0. The molecule has 0 atom stereocenters. The van der Waals surface area contributed by atoms with Crippen molar-refractivity contribution in [2.75, 3.05) is 10.0 Å². The molecule has 3 aromatic rings. The number of carbonyl (C=O) groups is 1. The van der Waals surface area contributed by atoms with Gasteiger partial charge in [0.1, 0.15) is 0 Å². The summed E-state index contributed by atoms with van der Waals surface area (Å²) in [5, 5.41) is 13.5. The zero-order valence-electron chi connectivity index (χ0n) is 15.3. The minimum Gasteiger partial charge on any atom is -0.323 e. The average molecular weight is 425 g/mol. The van der Waals surface area contributed by atoms with Crippen molar-refractivity contribution in [1.29, 1.82) is 0 Å². The van der Waals surface area contributed by atoms with Gasteiger partial charge < -0.3 is 5.32 Å². The summed E-state index contributed by atoms with van der Waals surface area (Å²) in [5.74, 6) is -0.588. The number of anilines is 2. The van der Waals surface area contributed by atoms with E-state index in [2.05, 4.69) is 20.0 Å². The molecular weight excluding hydrogens is 410 g/mol. The average Bonchev–Trinajstić information content (AvgIpc) is 2.73. The van der Waals surface area contributed by atoms with Gasteiger partial charge in [0.05, 0.1) is 15.4 Å². The second-order valence-electron chi connectivity index (χ2n) is 5.84. The Morgan fingerprint density at radius 1 is 1.00 bits per heavy atom. The first-order chi connectivity index (χ1) is 14.3. The highest BCUT2D eigenvalue weighted by atomic mass is 32.2. The number of carbonyl (C=O) groups excluding carboxylic acids is 1. The molecule has 1 heterocycles. The molecule has 3 rings (SSSR count).